The van der Waals surface area contributed by atoms with E-state index in [1.54, 1.807) is 41.0 Å². The number of fused-ring (bicyclic) bond motifs is 1. The Morgan fingerprint density at radius 3 is 2.58 bits per heavy atom. The Balaban J connectivity index is 1.41. The topological polar surface area (TPSA) is 117 Å². The molecule has 1 amide bonds. The van der Waals surface area contributed by atoms with E-state index in [1.165, 1.54) is 14.2 Å². The molecule has 2 N–H and O–H groups in total. The lowest BCUT2D eigenvalue weighted by molar-refractivity contribution is 0.0777. The highest BCUT2D eigenvalue weighted by atomic mass is 19.1. The van der Waals surface area contributed by atoms with Crippen LogP contribution in [-0.2, 0) is 15.9 Å². The Morgan fingerprint density at radius 1 is 1.12 bits per heavy atom. The summed E-state index contributed by atoms with van der Waals surface area (Å²) in [5.41, 5.74) is 9.25. The van der Waals surface area contributed by atoms with E-state index in [2.05, 4.69) is 22.0 Å². The molecule has 0 unspecified atom stereocenters. The maximum atomic E-state index is 15.1. The lowest BCUT2D eigenvalue weighted by Gasteiger charge is -2.43. The Bertz CT molecular complexity index is 1560. The van der Waals surface area contributed by atoms with Crippen molar-refractivity contribution in [1.82, 2.24) is 24.5 Å². The fraction of sp³-hybridized carbons (Fsp3) is 0.419. The summed E-state index contributed by atoms with van der Waals surface area (Å²) in [6.07, 6.45) is 6.75. The molecule has 12 heteroatoms. The summed E-state index contributed by atoms with van der Waals surface area (Å²) < 4.78 is 47.0. The number of aromatic nitrogens is 4. The molecule has 4 atom stereocenters. The number of pyridine rings is 1. The number of amides is 1. The van der Waals surface area contributed by atoms with Gasteiger partial charge in [0, 0.05) is 51.1 Å². The van der Waals surface area contributed by atoms with Crippen molar-refractivity contribution in [2.45, 2.75) is 44.2 Å². The van der Waals surface area contributed by atoms with Crippen molar-refractivity contribution < 1.29 is 27.8 Å². The number of carbonyl (C=O) groups is 1. The Labute approximate surface area is 248 Å². The molecule has 3 aromatic heterocycles. The zero-order valence-electron chi connectivity index (χ0n) is 24.7. The van der Waals surface area contributed by atoms with Gasteiger partial charge in [0.1, 0.15) is 29.8 Å². The average molecular weight is 595 g/mol. The van der Waals surface area contributed by atoms with Crippen molar-refractivity contribution in [3.8, 4) is 17.0 Å². The van der Waals surface area contributed by atoms with Crippen molar-refractivity contribution in [3.63, 3.8) is 0 Å². The number of methoxy groups -OCH3 is 2. The van der Waals surface area contributed by atoms with Gasteiger partial charge in [0.25, 0.3) is 0 Å². The molecule has 4 aromatic rings. The summed E-state index contributed by atoms with van der Waals surface area (Å²) in [6, 6.07) is 7.19. The van der Waals surface area contributed by atoms with Crippen molar-refractivity contribution in [1.29, 1.82) is 0 Å². The summed E-state index contributed by atoms with van der Waals surface area (Å²) in [4.78, 5) is 22.7. The van der Waals surface area contributed by atoms with Gasteiger partial charge in [-0.2, -0.15) is 5.10 Å². The molecule has 5 rings (SSSR count). The molecule has 10 nitrogen and oxygen atoms in total. The number of rotatable bonds is 9. The molecule has 1 aromatic carbocycles. The number of benzene rings is 1. The van der Waals surface area contributed by atoms with Gasteiger partial charge in [-0.15, -0.1) is 0 Å². The number of hydrogen-bond donors (Lipinski definition) is 1. The van der Waals surface area contributed by atoms with Gasteiger partial charge in [-0.3, -0.25) is 4.98 Å². The third-order valence-electron chi connectivity index (χ3n) is 8.16. The van der Waals surface area contributed by atoms with Crippen LogP contribution in [0.2, 0.25) is 0 Å². The molecule has 3 heterocycles. The smallest absolute Gasteiger partial charge is 0.409 e. The Hall–Kier alpha value is -4.16. The molecule has 43 heavy (non-hydrogen) atoms. The predicted octanol–water partition coefficient (Wildman–Crippen LogP) is 4.59. The Kier molecular flexibility index (Phi) is 9.16. The van der Waals surface area contributed by atoms with Gasteiger partial charge in [-0.05, 0) is 54.0 Å². The number of halogens is 2. The number of nitrogens with two attached hydrogens (primary N) is 1. The van der Waals surface area contributed by atoms with E-state index in [0.29, 0.717) is 30.8 Å². The second-order valence-electron chi connectivity index (χ2n) is 11.0. The fourth-order valence-corrected chi connectivity index (χ4v) is 6.23. The second-order valence-corrected chi connectivity index (χ2v) is 11.0. The third-order valence-corrected chi connectivity index (χ3v) is 8.16. The molecule has 1 aliphatic carbocycles. The fourth-order valence-electron chi connectivity index (χ4n) is 6.23. The number of imidazole rings is 1. The Morgan fingerprint density at radius 2 is 1.88 bits per heavy atom. The highest BCUT2D eigenvalue weighted by Gasteiger charge is 2.39. The molecule has 1 fully saturated rings. The first-order valence-corrected chi connectivity index (χ1v) is 14.2. The molecule has 0 saturated heterocycles. The molecule has 0 radical (unpaired) electrons. The molecule has 0 aliphatic heterocycles. The van der Waals surface area contributed by atoms with Crippen LogP contribution in [0.15, 0.2) is 48.9 Å². The summed E-state index contributed by atoms with van der Waals surface area (Å²) in [7, 11) is 4.60. The first-order valence-electron chi connectivity index (χ1n) is 14.2. The van der Waals surface area contributed by atoms with Crippen molar-refractivity contribution in [3.05, 3.63) is 77.5 Å². The van der Waals surface area contributed by atoms with E-state index in [0.717, 1.165) is 29.7 Å². The lowest BCUT2D eigenvalue weighted by Crippen LogP contribution is -2.55. The van der Waals surface area contributed by atoms with Crippen LogP contribution >= 0.6 is 0 Å². The zero-order valence-corrected chi connectivity index (χ0v) is 24.7. The highest BCUT2D eigenvalue weighted by Crippen LogP contribution is 2.39. The van der Waals surface area contributed by atoms with E-state index in [1.807, 2.05) is 12.3 Å². The summed E-state index contributed by atoms with van der Waals surface area (Å²) in [6.45, 7) is 2.57. The minimum absolute atomic E-state index is 0.0734. The maximum Gasteiger partial charge on any atom is 0.409 e. The van der Waals surface area contributed by atoms with Gasteiger partial charge < -0.3 is 24.8 Å². The van der Waals surface area contributed by atoms with E-state index >= 15 is 8.78 Å². The molecule has 1 saturated carbocycles. The molecule has 228 valence electrons. The van der Waals surface area contributed by atoms with Crippen LogP contribution in [0.4, 0.5) is 13.6 Å². The summed E-state index contributed by atoms with van der Waals surface area (Å²) in [5.74, 6) is -0.610. The molecular weight excluding hydrogens is 558 g/mol. The number of nitrogens with zero attached hydrogens (tertiary/aromatic N) is 5. The van der Waals surface area contributed by atoms with Crippen LogP contribution in [0.25, 0.3) is 16.8 Å². The molecular formula is C31H36F2N6O4. The van der Waals surface area contributed by atoms with E-state index in [-0.39, 0.29) is 47.5 Å². The highest BCUT2D eigenvalue weighted by molar-refractivity contribution is 5.67. The van der Waals surface area contributed by atoms with Crippen LogP contribution in [0.1, 0.15) is 42.6 Å². The van der Waals surface area contributed by atoms with Crippen molar-refractivity contribution in [2.24, 2.45) is 11.7 Å². The van der Waals surface area contributed by atoms with Crippen molar-refractivity contribution in [2.75, 3.05) is 34.5 Å². The van der Waals surface area contributed by atoms with E-state index in [4.69, 9.17) is 19.9 Å². The number of carbonyl (C=O) groups excluding carboxylic acids is 1. The van der Waals surface area contributed by atoms with Crippen molar-refractivity contribution >= 4 is 11.6 Å². The summed E-state index contributed by atoms with van der Waals surface area (Å²) >= 11 is 0. The number of ether oxygens (including phenoxy) is 3. The largest absolute Gasteiger partial charge is 0.491 e. The zero-order chi connectivity index (χ0) is 30.7. The monoisotopic (exact) mass is 594 g/mol. The number of likely N-dealkylation sites (N-methyl/N-ethyl adjacent to an activating group) is 1. The van der Waals surface area contributed by atoms with E-state index in [9.17, 15) is 4.79 Å². The van der Waals surface area contributed by atoms with E-state index < -0.39 is 17.7 Å². The normalized spacial score (nSPS) is 20.3. The summed E-state index contributed by atoms with van der Waals surface area (Å²) in [5, 5.41) is 4.57. The van der Waals surface area contributed by atoms with Gasteiger partial charge in [-0.1, -0.05) is 6.92 Å². The standard InChI is InChI=1S/C31H36F2N6O4/c1-18-11-19(12-26(34)30(18)38(2)31(40)42-4)23-7-8-35-16-20(23)13-28-36-17-21-5-6-27(37-39(21)28)29-24(32)14-22(15-25(29)33)43-10-9-41-3/h5-8,14-19,26,30H,9-13,34H2,1-4H3/t18-,19+,26+,30-/m0/s1. The average Bonchev–Trinajstić information content (AvgIpc) is 3.38. The van der Waals surface area contributed by atoms with Gasteiger partial charge in [-0.25, -0.2) is 23.1 Å². The maximum absolute atomic E-state index is 15.1. The number of hydrogen-bond acceptors (Lipinski definition) is 8. The molecule has 0 bridgehead atoms. The van der Waals surface area contributed by atoms with Crippen LogP contribution in [0.3, 0.4) is 0 Å². The quantitative estimate of drug-likeness (QED) is 0.280. The van der Waals surface area contributed by atoms with Gasteiger partial charge in [0.2, 0.25) is 0 Å². The third kappa shape index (κ3) is 6.30. The lowest BCUT2D eigenvalue weighted by atomic mass is 9.72. The van der Waals surface area contributed by atoms with Gasteiger partial charge >= 0.3 is 6.09 Å². The van der Waals surface area contributed by atoms with Crippen LogP contribution in [0.5, 0.6) is 5.75 Å². The minimum Gasteiger partial charge on any atom is -0.491 e. The van der Waals surface area contributed by atoms with Crippen LogP contribution in [0, 0.1) is 17.6 Å². The molecule has 1 aliphatic rings. The predicted molar refractivity (Wildman–Crippen MR) is 156 cm³/mol. The SMILES string of the molecule is COCCOc1cc(F)c(-c2ccc3cnc(Cc4cnccc4[C@H]4C[C@@H](N)[C@@H](N(C)C(=O)OC)[C@@H](C)C4)n3n2)c(F)c1. The molecule has 0 spiro atoms. The van der Waals surface area contributed by atoms with Gasteiger partial charge in [0.05, 0.1) is 42.7 Å². The minimum atomic E-state index is -0.783. The van der Waals surface area contributed by atoms with Crippen LogP contribution < -0.4 is 10.5 Å². The first kappa shape index (κ1) is 30.3. The van der Waals surface area contributed by atoms with Gasteiger partial charge in [0.15, 0.2) is 0 Å². The van der Waals surface area contributed by atoms with Crippen LogP contribution in [-0.4, -0.2) is 77.1 Å². The first-order chi connectivity index (χ1) is 20.7. The second kappa shape index (κ2) is 13.0.